The first-order chi connectivity index (χ1) is 7.13. The second-order valence-electron chi connectivity index (χ2n) is 3.43. The molecule has 0 aromatic carbocycles. The molecular formula is C10H13ClINOS. The van der Waals surface area contributed by atoms with Gasteiger partial charge in [0.15, 0.2) is 0 Å². The molecule has 0 spiro atoms. The van der Waals surface area contributed by atoms with E-state index >= 15 is 0 Å². The van der Waals surface area contributed by atoms with Crippen LogP contribution in [0.2, 0.25) is 0 Å². The van der Waals surface area contributed by atoms with Crippen LogP contribution in [0.5, 0.6) is 0 Å². The van der Waals surface area contributed by atoms with E-state index in [4.69, 9.17) is 11.6 Å². The number of carbonyl (C=O) groups is 1. The average molecular weight is 358 g/mol. The predicted octanol–water partition coefficient (Wildman–Crippen LogP) is 3.35. The first-order valence-corrected chi connectivity index (χ1v) is 7.21. The SMILES string of the molecule is CC(CCCl)CNC(=O)c1csc(I)c1. The third kappa shape index (κ3) is 4.70. The lowest BCUT2D eigenvalue weighted by atomic mass is 10.1. The Morgan fingerprint density at radius 1 is 1.73 bits per heavy atom. The maximum absolute atomic E-state index is 11.6. The number of hydrogen-bond acceptors (Lipinski definition) is 2. The summed E-state index contributed by atoms with van der Waals surface area (Å²) in [6.45, 7) is 2.78. The molecule has 5 heteroatoms. The van der Waals surface area contributed by atoms with Crippen molar-refractivity contribution in [2.45, 2.75) is 13.3 Å². The van der Waals surface area contributed by atoms with Gasteiger partial charge in [-0.15, -0.1) is 22.9 Å². The zero-order chi connectivity index (χ0) is 11.3. The Hall–Kier alpha value is 0.190. The minimum Gasteiger partial charge on any atom is -0.352 e. The lowest BCUT2D eigenvalue weighted by molar-refractivity contribution is 0.0948. The lowest BCUT2D eigenvalue weighted by Crippen LogP contribution is -2.28. The Morgan fingerprint density at radius 3 is 3.00 bits per heavy atom. The molecule has 0 bridgehead atoms. The molecule has 1 heterocycles. The summed E-state index contributed by atoms with van der Waals surface area (Å²) in [5.74, 6) is 1.09. The quantitative estimate of drug-likeness (QED) is 0.635. The summed E-state index contributed by atoms with van der Waals surface area (Å²) in [5, 5.41) is 4.78. The lowest BCUT2D eigenvalue weighted by Gasteiger charge is -2.10. The topological polar surface area (TPSA) is 29.1 Å². The van der Waals surface area contributed by atoms with Crippen LogP contribution in [-0.4, -0.2) is 18.3 Å². The van der Waals surface area contributed by atoms with Crippen LogP contribution in [0.15, 0.2) is 11.4 Å². The Kier molecular flexibility index (Phi) is 5.92. The molecule has 1 amide bonds. The highest BCUT2D eigenvalue weighted by molar-refractivity contribution is 14.1. The number of nitrogens with one attached hydrogen (secondary N) is 1. The fourth-order valence-electron chi connectivity index (χ4n) is 1.09. The second-order valence-corrected chi connectivity index (χ2v) is 6.62. The summed E-state index contributed by atoms with van der Waals surface area (Å²) >= 11 is 9.41. The molecule has 0 saturated heterocycles. The summed E-state index contributed by atoms with van der Waals surface area (Å²) in [5.41, 5.74) is 0.752. The molecule has 0 radical (unpaired) electrons. The van der Waals surface area contributed by atoms with Gasteiger partial charge in [0.25, 0.3) is 5.91 Å². The van der Waals surface area contributed by atoms with E-state index in [2.05, 4.69) is 34.8 Å². The van der Waals surface area contributed by atoms with Gasteiger partial charge in [0.05, 0.1) is 8.45 Å². The molecule has 1 atom stereocenters. The Balaban J connectivity index is 2.36. The molecule has 1 N–H and O–H groups in total. The van der Waals surface area contributed by atoms with E-state index in [1.165, 1.54) is 0 Å². The predicted molar refractivity (Wildman–Crippen MR) is 73.9 cm³/mol. The zero-order valence-corrected chi connectivity index (χ0v) is 12.2. The van der Waals surface area contributed by atoms with Crippen LogP contribution in [-0.2, 0) is 0 Å². The molecule has 84 valence electrons. The van der Waals surface area contributed by atoms with Crippen LogP contribution >= 0.6 is 45.5 Å². The van der Waals surface area contributed by atoms with E-state index < -0.39 is 0 Å². The van der Waals surface area contributed by atoms with Gasteiger partial charge in [0.2, 0.25) is 0 Å². The second kappa shape index (κ2) is 6.70. The van der Waals surface area contributed by atoms with Crippen molar-refractivity contribution < 1.29 is 4.79 Å². The smallest absolute Gasteiger partial charge is 0.252 e. The maximum atomic E-state index is 11.6. The van der Waals surface area contributed by atoms with E-state index in [0.29, 0.717) is 18.3 Å². The molecular weight excluding hydrogens is 345 g/mol. The molecule has 1 unspecified atom stereocenters. The number of alkyl halides is 1. The first-order valence-electron chi connectivity index (χ1n) is 4.71. The highest BCUT2D eigenvalue weighted by atomic mass is 127. The number of carbonyl (C=O) groups excluding carboxylic acids is 1. The molecule has 1 rings (SSSR count). The molecule has 0 aliphatic heterocycles. The molecule has 0 saturated carbocycles. The molecule has 2 nitrogen and oxygen atoms in total. The summed E-state index contributed by atoms with van der Waals surface area (Å²) in [7, 11) is 0. The summed E-state index contributed by atoms with van der Waals surface area (Å²) < 4.78 is 1.13. The number of thiophene rings is 1. The fourth-order valence-corrected chi connectivity index (χ4v) is 2.79. The van der Waals surface area contributed by atoms with Crippen LogP contribution in [0.25, 0.3) is 0 Å². The Morgan fingerprint density at radius 2 is 2.47 bits per heavy atom. The van der Waals surface area contributed by atoms with Gasteiger partial charge in [-0.1, -0.05) is 6.92 Å². The van der Waals surface area contributed by atoms with Gasteiger partial charge in [-0.05, 0) is 41.0 Å². The zero-order valence-electron chi connectivity index (χ0n) is 8.43. The van der Waals surface area contributed by atoms with Crippen molar-refractivity contribution in [3.63, 3.8) is 0 Å². The normalized spacial score (nSPS) is 12.5. The van der Waals surface area contributed by atoms with Crippen LogP contribution < -0.4 is 5.32 Å². The van der Waals surface area contributed by atoms with Crippen molar-refractivity contribution in [1.29, 1.82) is 0 Å². The van der Waals surface area contributed by atoms with Crippen molar-refractivity contribution in [1.82, 2.24) is 5.32 Å². The van der Waals surface area contributed by atoms with Crippen molar-refractivity contribution in [2.75, 3.05) is 12.4 Å². The third-order valence-electron chi connectivity index (χ3n) is 2.04. The number of halogens is 2. The van der Waals surface area contributed by atoms with Crippen molar-refractivity contribution >= 4 is 51.4 Å². The standard InChI is InChI=1S/C10H13ClINOS/c1-7(2-3-11)5-13-10(14)8-4-9(12)15-6-8/h4,6-7H,2-3,5H2,1H3,(H,13,14). The average Bonchev–Trinajstić information content (AvgIpc) is 2.62. The summed E-state index contributed by atoms with van der Waals surface area (Å²) in [6.07, 6.45) is 0.934. The van der Waals surface area contributed by atoms with E-state index in [9.17, 15) is 4.79 Å². The van der Waals surface area contributed by atoms with E-state index in [1.54, 1.807) is 11.3 Å². The molecule has 0 aliphatic rings. The minimum absolute atomic E-state index is 0.00980. The van der Waals surface area contributed by atoms with E-state index in [0.717, 1.165) is 14.9 Å². The van der Waals surface area contributed by atoms with Crippen molar-refractivity contribution in [3.8, 4) is 0 Å². The van der Waals surface area contributed by atoms with E-state index in [1.807, 2.05) is 11.4 Å². The molecule has 0 fully saturated rings. The largest absolute Gasteiger partial charge is 0.352 e. The van der Waals surface area contributed by atoms with Gasteiger partial charge in [-0.2, -0.15) is 0 Å². The van der Waals surface area contributed by atoms with Gasteiger partial charge in [-0.3, -0.25) is 4.79 Å². The van der Waals surface area contributed by atoms with Crippen LogP contribution in [0.1, 0.15) is 23.7 Å². The highest BCUT2D eigenvalue weighted by Crippen LogP contribution is 2.16. The number of rotatable bonds is 5. The molecule has 15 heavy (non-hydrogen) atoms. The third-order valence-corrected chi connectivity index (χ3v) is 4.05. The highest BCUT2D eigenvalue weighted by Gasteiger charge is 2.08. The maximum Gasteiger partial charge on any atom is 0.252 e. The molecule has 1 aromatic heterocycles. The minimum atomic E-state index is 0.00980. The van der Waals surface area contributed by atoms with Crippen molar-refractivity contribution in [3.05, 3.63) is 19.9 Å². The monoisotopic (exact) mass is 357 g/mol. The molecule has 1 aromatic rings. The van der Waals surface area contributed by atoms with Gasteiger partial charge >= 0.3 is 0 Å². The Labute approximate surface area is 113 Å². The van der Waals surface area contributed by atoms with E-state index in [-0.39, 0.29) is 5.91 Å². The van der Waals surface area contributed by atoms with Crippen molar-refractivity contribution in [2.24, 2.45) is 5.92 Å². The Bertz CT molecular complexity index is 329. The van der Waals surface area contributed by atoms with Crippen LogP contribution in [0.3, 0.4) is 0 Å². The molecule has 0 aliphatic carbocycles. The first kappa shape index (κ1) is 13.3. The van der Waals surface area contributed by atoms with Gasteiger partial charge in [0, 0.05) is 17.8 Å². The fraction of sp³-hybridized carbons (Fsp3) is 0.500. The van der Waals surface area contributed by atoms with Crippen LogP contribution in [0, 0.1) is 8.80 Å². The van der Waals surface area contributed by atoms with Gasteiger partial charge in [-0.25, -0.2) is 0 Å². The van der Waals surface area contributed by atoms with Crippen LogP contribution in [0.4, 0.5) is 0 Å². The summed E-state index contributed by atoms with van der Waals surface area (Å²) in [4.78, 5) is 11.6. The van der Waals surface area contributed by atoms with Gasteiger partial charge in [0.1, 0.15) is 0 Å². The number of amides is 1. The number of hydrogen-bond donors (Lipinski definition) is 1. The van der Waals surface area contributed by atoms with Gasteiger partial charge < -0.3 is 5.32 Å². The summed E-state index contributed by atoms with van der Waals surface area (Å²) in [6, 6.07) is 1.90.